The maximum Gasteiger partial charge on any atom is 0.305 e. The summed E-state index contributed by atoms with van der Waals surface area (Å²) >= 11 is 0. The van der Waals surface area contributed by atoms with Gasteiger partial charge in [0, 0.05) is 12.5 Å². The normalized spacial score (nSPS) is 23.4. The number of likely N-dealkylation sites (tertiary alicyclic amines) is 1. The fourth-order valence-electron chi connectivity index (χ4n) is 1.66. The van der Waals surface area contributed by atoms with Gasteiger partial charge in [-0.25, -0.2) is 0 Å². The van der Waals surface area contributed by atoms with Crippen molar-refractivity contribution in [1.29, 1.82) is 0 Å². The van der Waals surface area contributed by atoms with E-state index in [0.717, 1.165) is 19.4 Å². The Hall–Kier alpha value is -0.570. The van der Waals surface area contributed by atoms with Crippen LogP contribution in [-0.2, 0) is 9.53 Å². The van der Waals surface area contributed by atoms with Gasteiger partial charge in [0.1, 0.15) is 6.61 Å². The van der Waals surface area contributed by atoms with Gasteiger partial charge in [0.25, 0.3) is 0 Å². The summed E-state index contributed by atoms with van der Waals surface area (Å²) < 4.78 is 5.16. The van der Waals surface area contributed by atoms with E-state index in [0.29, 0.717) is 19.1 Å². The van der Waals surface area contributed by atoms with Crippen molar-refractivity contribution in [3.05, 3.63) is 0 Å². The highest BCUT2D eigenvalue weighted by molar-refractivity contribution is 5.69. The SMILES string of the molecule is CCCC(=O)OC[C@H]1CCCN1C. The maximum absolute atomic E-state index is 11.1. The van der Waals surface area contributed by atoms with E-state index in [1.54, 1.807) is 0 Å². The molecule has 0 unspecified atom stereocenters. The fourth-order valence-corrected chi connectivity index (χ4v) is 1.66. The van der Waals surface area contributed by atoms with Gasteiger partial charge in [-0.2, -0.15) is 0 Å². The van der Waals surface area contributed by atoms with Crippen molar-refractivity contribution in [2.24, 2.45) is 0 Å². The molecule has 1 saturated heterocycles. The largest absolute Gasteiger partial charge is 0.464 e. The van der Waals surface area contributed by atoms with E-state index in [2.05, 4.69) is 11.9 Å². The second kappa shape index (κ2) is 5.22. The fraction of sp³-hybridized carbons (Fsp3) is 0.900. The van der Waals surface area contributed by atoms with Crippen LogP contribution in [0.3, 0.4) is 0 Å². The molecule has 1 rings (SSSR count). The second-order valence-corrected chi connectivity index (χ2v) is 3.71. The van der Waals surface area contributed by atoms with Crippen LogP contribution in [0.2, 0.25) is 0 Å². The summed E-state index contributed by atoms with van der Waals surface area (Å²) in [6.45, 7) is 3.70. The van der Waals surface area contributed by atoms with Gasteiger partial charge in [0.15, 0.2) is 0 Å². The number of ether oxygens (including phenoxy) is 1. The van der Waals surface area contributed by atoms with E-state index in [9.17, 15) is 4.79 Å². The average Bonchev–Trinajstić information content (AvgIpc) is 2.48. The molecule has 76 valence electrons. The highest BCUT2D eigenvalue weighted by Crippen LogP contribution is 2.14. The maximum atomic E-state index is 11.1. The first-order valence-electron chi connectivity index (χ1n) is 5.10. The molecule has 13 heavy (non-hydrogen) atoms. The van der Waals surface area contributed by atoms with Gasteiger partial charge in [-0.15, -0.1) is 0 Å². The Bertz CT molecular complexity index is 170. The number of esters is 1. The van der Waals surface area contributed by atoms with Crippen molar-refractivity contribution in [1.82, 2.24) is 4.90 Å². The first kappa shape index (κ1) is 10.5. The van der Waals surface area contributed by atoms with Crippen LogP contribution in [0.25, 0.3) is 0 Å². The summed E-state index contributed by atoms with van der Waals surface area (Å²) in [5, 5.41) is 0. The smallest absolute Gasteiger partial charge is 0.305 e. The Kier molecular flexibility index (Phi) is 4.22. The molecule has 0 N–H and O–H groups in total. The number of carbonyl (C=O) groups excluding carboxylic acids is 1. The summed E-state index contributed by atoms with van der Waals surface area (Å²) in [5.74, 6) is -0.0530. The second-order valence-electron chi connectivity index (χ2n) is 3.71. The molecule has 3 nitrogen and oxygen atoms in total. The molecule has 0 aromatic carbocycles. The van der Waals surface area contributed by atoms with Crippen LogP contribution >= 0.6 is 0 Å². The molecule has 1 heterocycles. The Morgan fingerprint density at radius 3 is 2.92 bits per heavy atom. The van der Waals surface area contributed by atoms with Crippen molar-refractivity contribution >= 4 is 5.97 Å². The van der Waals surface area contributed by atoms with E-state index >= 15 is 0 Å². The van der Waals surface area contributed by atoms with Gasteiger partial charge < -0.3 is 9.64 Å². The third kappa shape index (κ3) is 3.35. The molecular formula is C10H19NO2. The highest BCUT2D eigenvalue weighted by Gasteiger charge is 2.21. The zero-order valence-electron chi connectivity index (χ0n) is 8.58. The lowest BCUT2D eigenvalue weighted by molar-refractivity contribution is -0.145. The lowest BCUT2D eigenvalue weighted by atomic mass is 10.2. The molecule has 0 spiro atoms. The standard InChI is InChI=1S/C10H19NO2/c1-3-5-10(12)13-8-9-6-4-7-11(9)2/h9H,3-8H2,1-2H3/t9-/m1/s1. The lowest BCUT2D eigenvalue weighted by Gasteiger charge is -2.18. The van der Waals surface area contributed by atoms with Gasteiger partial charge in [0.2, 0.25) is 0 Å². The first-order valence-corrected chi connectivity index (χ1v) is 5.10. The molecule has 0 aromatic heterocycles. The Morgan fingerprint density at radius 1 is 1.62 bits per heavy atom. The molecule has 0 bridgehead atoms. The lowest BCUT2D eigenvalue weighted by Crippen LogP contribution is -2.30. The summed E-state index contributed by atoms with van der Waals surface area (Å²) in [7, 11) is 2.09. The molecule has 1 aliphatic heterocycles. The van der Waals surface area contributed by atoms with Gasteiger partial charge in [-0.3, -0.25) is 4.79 Å². The number of likely N-dealkylation sites (N-methyl/N-ethyl adjacent to an activating group) is 1. The van der Waals surface area contributed by atoms with Crippen molar-refractivity contribution in [3.63, 3.8) is 0 Å². The minimum Gasteiger partial charge on any atom is -0.464 e. The zero-order valence-corrected chi connectivity index (χ0v) is 8.58. The molecular weight excluding hydrogens is 166 g/mol. The third-order valence-corrected chi connectivity index (χ3v) is 2.56. The predicted octanol–water partition coefficient (Wildman–Crippen LogP) is 1.42. The third-order valence-electron chi connectivity index (χ3n) is 2.56. The van der Waals surface area contributed by atoms with E-state index in [1.807, 2.05) is 6.92 Å². The summed E-state index contributed by atoms with van der Waals surface area (Å²) in [4.78, 5) is 13.3. The quantitative estimate of drug-likeness (QED) is 0.620. The monoisotopic (exact) mass is 185 g/mol. The van der Waals surface area contributed by atoms with Crippen molar-refractivity contribution in [3.8, 4) is 0 Å². The molecule has 0 radical (unpaired) electrons. The number of hydrogen-bond acceptors (Lipinski definition) is 3. The minimum atomic E-state index is -0.0530. The number of carbonyl (C=O) groups is 1. The van der Waals surface area contributed by atoms with Crippen LogP contribution in [0, 0.1) is 0 Å². The van der Waals surface area contributed by atoms with Crippen LogP contribution in [-0.4, -0.2) is 37.1 Å². The first-order chi connectivity index (χ1) is 6.24. The molecule has 3 heteroatoms. The summed E-state index contributed by atoms with van der Waals surface area (Å²) in [6, 6.07) is 0.459. The molecule has 1 atom stereocenters. The Balaban J connectivity index is 2.14. The van der Waals surface area contributed by atoms with Crippen molar-refractivity contribution in [2.75, 3.05) is 20.2 Å². The van der Waals surface area contributed by atoms with Gasteiger partial charge >= 0.3 is 5.97 Å². The van der Waals surface area contributed by atoms with Crippen LogP contribution in [0.1, 0.15) is 32.6 Å². The summed E-state index contributed by atoms with van der Waals surface area (Å²) in [5.41, 5.74) is 0. The van der Waals surface area contributed by atoms with Crippen LogP contribution < -0.4 is 0 Å². The molecule has 1 aliphatic rings. The topological polar surface area (TPSA) is 29.5 Å². The number of hydrogen-bond donors (Lipinski definition) is 0. The van der Waals surface area contributed by atoms with Gasteiger partial charge in [-0.05, 0) is 32.9 Å². The molecule has 1 fully saturated rings. The van der Waals surface area contributed by atoms with E-state index < -0.39 is 0 Å². The highest BCUT2D eigenvalue weighted by atomic mass is 16.5. The molecule has 0 aliphatic carbocycles. The van der Waals surface area contributed by atoms with Crippen molar-refractivity contribution in [2.45, 2.75) is 38.6 Å². The number of rotatable bonds is 4. The molecule has 0 amide bonds. The van der Waals surface area contributed by atoms with Crippen LogP contribution in [0.4, 0.5) is 0 Å². The molecule has 0 saturated carbocycles. The number of nitrogens with zero attached hydrogens (tertiary/aromatic N) is 1. The molecule has 0 aromatic rings. The van der Waals surface area contributed by atoms with E-state index in [4.69, 9.17) is 4.74 Å². The Labute approximate surface area is 80.1 Å². The van der Waals surface area contributed by atoms with Crippen LogP contribution in [0.15, 0.2) is 0 Å². The minimum absolute atomic E-state index is 0.0530. The predicted molar refractivity (Wildman–Crippen MR) is 51.5 cm³/mol. The Morgan fingerprint density at radius 2 is 2.38 bits per heavy atom. The summed E-state index contributed by atoms with van der Waals surface area (Å²) in [6.07, 6.45) is 3.82. The van der Waals surface area contributed by atoms with E-state index in [-0.39, 0.29) is 5.97 Å². The van der Waals surface area contributed by atoms with Crippen molar-refractivity contribution < 1.29 is 9.53 Å². The van der Waals surface area contributed by atoms with E-state index in [1.165, 1.54) is 6.42 Å². The van der Waals surface area contributed by atoms with Gasteiger partial charge in [0.05, 0.1) is 0 Å². The van der Waals surface area contributed by atoms with Crippen LogP contribution in [0.5, 0.6) is 0 Å². The van der Waals surface area contributed by atoms with Gasteiger partial charge in [-0.1, -0.05) is 6.92 Å². The average molecular weight is 185 g/mol. The zero-order chi connectivity index (χ0) is 9.68.